The summed E-state index contributed by atoms with van der Waals surface area (Å²) >= 11 is 0. The van der Waals surface area contributed by atoms with Crippen LogP contribution < -0.4 is 15.6 Å². The maximum Gasteiger partial charge on any atom is 0.407 e. The molecular weight excluding hydrogens is 311 g/mol. The van der Waals surface area contributed by atoms with Gasteiger partial charge in [-0.1, -0.05) is 6.92 Å². The number of aromatic nitrogens is 4. The largest absolute Gasteiger partial charge is 0.407 e. The van der Waals surface area contributed by atoms with Crippen molar-refractivity contribution in [2.45, 2.75) is 19.5 Å². The number of rotatable bonds is 4. The fourth-order valence-electron chi connectivity index (χ4n) is 2.47. The molecule has 0 unspecified atom stereocenters. The Morgan fingerprint density at radius 3 is 2.65 bits per heavy atom. The molecule has 10 heteroatoms. The first-order valence-corrected chi connectivity index (χ1v) is 7.48. The highest BCUT2D eigenvalue weighted by Crippen LogP contribution is 2.23. The second-order valence-corrected chi connectivity index (χ2v) is 5.29. The van der Waals surface area contributed by atoms with Crippen molar-refractivity contribution in [3.8, 4) is 0 Å². The first-order valence-electron chi connectivity index (χ1n) is 7.48. The Morgan fingerprint density at radius 2 is 2.00 bits per heavy atom. The SMILES string of the molecule is CCc1nc(N2CCNCC2)c2ncn(NCC(F)(F)F)c2n1. The number of anilines is 1. The van der Waals surface area contributed by atoms with Crippen LogP contribution in [0.25, 0.3) is 11.2 Å². The van der Waals surface area contributed by atoms with Crippen LogP contribution in [0.3, 0.4) is 0 Å². The summed E-state index contributed by atoms with van der Waals surface area (Å²) in [5.41, 5.74) is 3.18. The second-order valence-electron chi connectivity index (χ2n) is 5.29. The summed E-state index contributed by atoms with van der Waals surface area (Å²) in [6.45, 7) is 3.98. The number of aryl methyl sites for hydroxylation is 1. The Balaban J connectivity index is 1.98. The highest BCUT2D eigenvalue weighted by atomic mass is 19.4. The molecule has 0 aromatic carbocycles. The summed E-state index contributed by atoms with van der Waals surface area (Å²) in [4.78, 5) is 15.2. The Kier molecular flexibility index (Phi) is 4.24. The maximum atomic E-state index is 12.4. The number of imidazole rings is 1. The van der Waals surface area contributed by atoms with Gasteiger partial charge in [-0.3, -0.25) is 0 Å². The zero-order valence-corrected chi connectivity index (χ0v) is 12.7. The number of alkyl halides is 3. The van der Waals surface area contributed by atoms with Gasteiger partial charge in [0.15, 0.2) is 17.0 Å². The normalized spacial score (nSPS) is 16.1. The van der Waals surface area contributed by atoms with Gasteiger partial charge in [0, 0.05) is 32.6 Å². The van der Waals surface area contributed by atoms with Crippen molar-refractivity contribution >= 4 is 17.0 Å². The lowest BCUT2D eigenvalue weighted by Gasteiger charge is -2.28. The van der Waals surface area contributed by atoms with E-state index in [1.54, 1.807) is 0 Å². The summed E-state index contributed by atoms with van der Waals surface area (Å²) in [7, 11) is 0. The van der Waals surface area contributed by atoms with Gasteiger partial charge >= 0.3 is 6.18 Å². The van der Waals surface area contributed by atoms with Gasteiger partial charge in [-0.2, -0.15) is 13.2 Å². The fourth-order valence-corrected chi connectivity index (χ4v) is 2.47. The standard InChI is InChI=1S/C13H18F3N7/c1-2-9-20-11(22-5-3-17-4-6-22)10-12(21-9)23(8-18-10)19-7-13(14,15)16/h8,17,19H,2-7H2,1H3. The van der Waals surface area contributed by atoms with E-state index in [0.717, 1.165) is 26.2 Å². The summed E-state index contributed by atoms with van der Waals surface area (Å²) in [5, 5.41) is 3.26. The van der Waals surface area contributed by atoms with Crippen LogP contribution in [-0.2, 0) is 6.42 Å². The summed E-state index contributed by atoms with van der Waals surface area (Å²) in [5.74, 6) is 1.27. The Hall–Kier alpha value is -2.10. The third kappa shape index (κ3) is 3.46. The molecule has 0 radical (unpaired) electrons. The molecule has 0 aliphatic carbocycles. The third-order valence-electron chi connectivity index (χ3n) is 3.61. The van der Waals surface area contributed by atoms with Crippen molar-refractivity contribution in [1.29, 1.82) is 0 Å². The topological polar surface area (TPSA) is 70.9 Å². The summed E-state index contributed by atoms with van der Waals surface area (Å²) < 4.78 is 38.5. The molecule has 1 saturated heterocycles. The molecule has 1 fully saturated rings. The molecule has 1 aliphatic heterocycles. The van der Waals surface area contributed by atoms with Crippen LogP contribution in [0.4, 0.5) is 19.0 Å². The molecule has 0 bridgehead atoms. The zero-order chi connectivity index (χ0) is 16.4. The van der Waals surface area contributed by atoms with Gasteiger partial charge in [-0.05, 0) is 0 Å². The predicted molar refractivity (Wildman–Crippen MR) is 80.1 cm³/mol. The number of nitrogens with one attached hydrogen (secondary N) is 2. The van der Waals surface area contributed by atoms with E-state index >= 15 is 0 Å². The number of hydrogen-bond acceptors (Lipinski definition) is 6. The van der Waals surface area contributed by atoms with Gasteiger partial charge in [-0.15, -0.1) is 0 Å². The van der Waals surface area contributed by atoms with E-state index in [9.17, 15) is 13.2 Å². The van der Waals surface area contributed by atoms with Crippen LogP contribution in [0.5, 0.6) is 0 Å². The number of hydrogen-bond donors (Lipinski definition) is 2. The van der Waals surface area contributed by atoms with Gasteiger partial charge in [-0.25, -0.2) is 19.6 Å². The number of piperazine rings is 1. The van der Waals surface area contributed by atoms with Crippen LogP contribution in [0.1, 0.15) is 12.7 Å². The molecule has 2 N–H and O–H groups in total. The molecule has 0 atom stereocenters. The lowest BCUT2D eigenvalue weighted by molar-refractivity contribution is -0.116. The lowest BCUT2D eigenvalue weighted by atomic mass is 10.3. The summed E-state index contributed by atoms with van der Waals surface area (Å²) in [6.07, 6.45) is -2.39. The molecule has 126 valence electrons. The van der Waals surface area contributed by atoms with Crippen LogP contribution in [0.2, 0.25) is 0 Å². The van der Waals surface area contributed by atoms with E-state index in [2.05, 4.69) is 30.6 Å². The van der Waals surface area contributed by atoms with Crippen molar-refractivity contribution in [2.24, 2.45) is 0 Å². The molecule has 0 amide bonds. The average Bonchev–Trinajstić information content (AvgIpc) is 2.95. The van der Waals surface area contributed by atoms with Crippen molar-refractivity contribution in [2.75, 3.05) is 43.0 Å². The van der Waals surface area contributed by atoms with E-state index in [1.165, 1.54) is 11.0 Å². The third-order valence-corrected chi connectivity index (χ3v) is 3.61. The molecule has 23 heavy (non-hydrogen) atoms. The number of halogens is 3. The number of fused-ring (bicyclic) bond motifs is 1. The highest BCUT2D eigenvalue weighted by Gasteiger charge is 2.27. The predicted octanol–water partition coefficient (Wildman–Crippen LogP) is 0.904. The van der Waals surface area contributed by atoms with E-state index in [0.29, 0.717) is 29.2 Å². The molecule has 3 heterocycles. The quantitative estimate of drug-likeness (QED) is 0.869. The highest BCUT2D eigenvalue weighted by molar-refractivity contribution is 5.84. The molecule has 0 saturated carbocycles. The first-order chi connectivity index (χ1) is 11.0. The van der Waals surface area contributed by atoms with E-state index < -0.39 is 12.7 Å². The van der Waals surface area contributed by atoms with Crippen molar-refractivity contribution in [1.82, 2.24) is 24.9 Å². The van der Waals surface area contributed by atoms with Crippen molar-refractivity contribution < 1.29 is 13.2 Å². The van der Waals surface area contributed by atoms with Crippen LogP contribution in [0.15, 0.2) is 6.33 Å². The molecule has 3 rings (SSSR count). The molecule has 2 aromatic heterocycles. The van der Waals surface area contributed by atoms with E-state index in [1.807, 2.05) is 6.92 Å². The van der Waals surface area contributed by atoms with Gasteiger partial charge in [0.1, 0.15) is 18.7 Å². The number of nitrogens with zero attached hydrogens (tertiary/aromatic N) is 5. The lowest BCUT2D eigenvalue weighted by Crippen LogP contribution is -2.44. The van der Waals surface area contributed by atoms with Gasteiger partial charge in [0.2, 0.25) is 0 Å². The van der Waals surface area contributed by atoms with E-state index in [4.69, 9.17) is 0 Å². The zero-order valence-electron chi connectivity index (χ0n) is 12.7. The molecule has 0 spiro atoms. The minimum absolute atomic E-state index is 0.370. The smallest absolute Gasteiger partial charge is 0.352 e. The van der Waals surface area contributed by atoms with Gasteiger partial charge in [0.05, 0.1) is 0 Å². The van der Waals surface area contributed by atoms with Gasteiger partial charge in [0.25, 0.3) is 0 Å². The minimum Gasteiger partial charge on any atom is -0.352 e. The minimum atomic E-state index is -4.31. The maximum absolute atomic E-state index is 12.4. The Labute approximate surface area is 130 Å². The van der Waals surface area contributed by atoms with Crippen molar-refractivity contribution in [3.05, 3.63) is 12.2 Å². The van der Waals surface area contributed by atoms with Crippen LogP contribution >= 0.6 is 0 Å². The molecule has 1 aliphatic rings. The Morgan fingerprint density at radius 1 is 1.26 bits per heavy atom. The van der Waals surface area contributed by atoms with Crippen LogP contribution in [0, 0.1) is 0 Å². The molecular formula is C13H18F3N7. The van der Waals surface area contributed by atoms with Crippen molar-refractivity contribution in [3.63, 3.8) is 0 Å². The fraction of sp³-hybridized carbons (Fsp3) is 0.615. The van der Waals surface area contributed by atoms with Crippen LogP contribution in [-0.4, -0.2) is 58.5 Å². The second kappa shape index (κ2) is 6.19. The van der Waals surface area contributed by atoms with Gasteiger partial charge < -0.3 is 15.6 Å². The monoisotopic (exact) mass is 329 g/mol. The first kappa shape index (κ1) is 15.8. The molecule has 2 aromatic rings. The molecule has 7 nitrogen and oxygen atoms in total. The average molecular weight is 329 g/mol. The summed E-state index contributed by atoms with van der Waals surface area (Å²) in [6, 6.07) is 0. The van der Waals surface area contributed by atoms with E-state index in [-0.39, 0.29) is 0 Å². The Bertz CT molecular complexity index is 676.